The molecular weight excluding hydrogens is 407 g/mol. The number of rotatable bonds is 8. The molecule has 0 unspecified atom stereocenters. The second-order valence-electron chi connectivity index (χ2n) is 6.22. The number of benzene rings is 2. The van der Waals surface area contributed by atoms with Crippen molar-refractivity contribution in [1.29, 1.82) is 0 Å². The molecule has 0 heterocycles. The summed E-state index contributed by atoms with van der Waals surface area (Å²) in [6, 6.07) is 9.46. The van der Waals surface area contributed by atoms with Gasteiger partial charge in [0.1, 0.15) is 17.6 Å². The van der Waals surface area contributed by atoms with Crippen LogP contribution in [0.15, 0.2) is 42.5 Å². The van der Waals surface area contributed by atoms with Crippen LogP contribution in [0.1, 0.15) is 12.5 Å². The van der Waals surface area contributed by atoms with Crippen LogP contribution in [0.5, 0.6) is 5.75 Å². The maximum absolute atomic E-state index is 12.9. The quantitative estimate of drug-likeness (QED) is 0.701. The monoisotopic (exact) mass is 428 g/mol. The zero-order valence-corrected chi connectivity index (χ0v) is 17.3. The second kappa shape index (κ2) is 9.25. The standard InChI is InChI=1S/C19H22ClFN2O4S/c1-13(19(24)22-11-10-14-4-6-15(21)7-5-14)23(28(3,25)26)16-8-9-18(27-2)17(20)12-16/h4-9,12-13H,10-11H2,1-3H3,(H,22,24)/t13-/m0/s1. The number of nitrogens with one attached hydrogen (secondary N) is 1. The molecule has 1 amide bonds. The zero-order valence-electron chi connectivity index (χ0n) is 15.8. The third-order valence-electron chi connectivity index (χ3n) is 4.10. The molecule has 152 valence electrons. The van der Waals surface area contributed by atoms with E-state index in [1.54, 1.807) is 12.1 Å². The molecule has 0 radical (unpaired) electrons. The Labute approximate surface area is 169 Å². The van der Waals surface area contributed by atoms with Crippen LogP contribution in [0.3, 0.4) is 0 Å². The highest BCUT2D eigenvalue weighted by molar-refractivity contribution is 7.92. The minimum absolute atomic E-state index is 0.234. The molecule has 0 saturated carbocycles. The lowest BCUT2D eigenvalue weighted by Gasteiger charge is -2.28. The van der Waals surface area contributed by atoms with E-state index < -0.39 is 22.0 Å². The summed E-state index contributed by atoms with van der Waals surface area (Å²) in [5.41, 5.74) is 1.12. The second-order valence-corrected chi connectivity index (χ2v) is 8.49. The van der Waals surface area contributed by atoms with Gasteiger partial charge in [-0.15, -0.1) is 0 Å². The molecule has 6 nitrogen and oxygen atoms in total. The number of hydrogen-bond donors (Lipinski definition) is 1. The fraction of sp³-hybridized carbons (Fsp3) is 0.316. The lowest BCUT2D eigenvalue weighted by Crippen LogP contribution is -2.48. The van der Waals surface area contributed by atoms with E-state index in [1.807, 2.05) is 0 Å². The van der Waals surface area contributed by atoms with Gasteiger partial charge in [0, 0.05) is 6.54 Å². The van der Waals surface area contributed by atoms with Gasteiger partial charge in [-0.05, 0) is 49.2 Å². The predicted molar refractivity (Wildman–Crippen MR) is 108 cm³/mol. The van der Waals surface area contributed by atoms with Gasteiger partial charge in [-0.1, -0.05) is 23.7 Å². The van der Waals surface area contributed by atoms with Crippen molar-refractivity contribution >= 4 is 33.2 Å². The number of anilines is 1. The molecule has 2 aromatic carbocycles. The average Bonchev–Trinajstić information content (AvgIpc) is 2.62. The van der Waals surface area contributed by atoms with E-state index in [9.17, 15) is 17.6 Å². The van der Waals surface area contributed by atoms with Gasteiger partial charge in [0.15, 0.2) is 0 Å². The maximum atomic E-state index is 12.9. The topological polar surface area (TPSA) is 75.7 Å². The summed E-state index contributed by atoms with van der Waals surface area (Å²) in [4.78, 5) is 12.5. The lowest BCUT2D eigenvalue weighted by atomic mass is 10.1. The van der Waals surface area contributed by atoms with Crippen molar-refractivity contribution in [3.05, 3.63) is 58.9 Å². The van der Waals surface area contributed by atoms with Crippen molar-refractivity contribution in [3.8, 4) is 5.75 Å². The first-order chi connectivity index (χ1) is 13.1. The number of halogens is 2. The molecule has 2 rings (SSSR count). The van der Waals surface area contributed by atoms with Crippen LogP contribution in [0.2, 0.25) is 5.02 Å². The van der Waals surface area contributed by atoms with Gasteiger partial charge in [-0.3, -0.25) is 9.10 Å². The molecule has 1 N–H and O–H groups in total. The van der Waals surface area contributed by atoms with Crippen LogP contribution in [0.4, 0.5) is 10.1 Å². The van der Waals surface area contributed by atoms with Crippen LogP contribution in [-0.4, -0.2) is 40.3 Å². The molecular formula is C19H22ClFN2O4S. The highest BCUT2D eigenvalue weighted by Gasteiger charge is 2.29. The van der Waals surface area contributed by atoms with E-state index in [4.69, 9.17) is 16.3 Å². The van der Waals surface area contributed by atoms with Gasteiger partial charge in [0.2, 0.25) is 15.9 Å². The molecule has 0 aliphatic carbocycles. The van der Waals surface area contributed by atoms with E-state index in [2.05, 4.69) is 5.32 Å². The molecule has 0 aromatic heterocycles. The smallest absolute Gasteiger partial charge is 0.243 e. The van der Waals surface area contributed by atoms with Crippen LogP contribution in [0, 0.1) is 5.82 Å². The van der Waals surface area contributed by atoms with Crippen LogP contribution in [-0.2, 0) is 21.2 Å². The summed E-state index contributed by atoms with van der Waals surface area (Å²) in [6.07, 6.45) is 1.51. The molecule has 28 heavy (non-hydrogen) atoms. The SMILES string of the molecule is COc1ccc(N([C@@H](C)C(=O)NCCc2ccc(F)cc2)S(C)(=O)=O)cc1Cl. The Morgan fingerprint density at radius 3 is 2.43 bits per heavy atom. The number of amides is 1. The number of hydrogen-bond acceptors (Lipinski definition) is 4. The van der Waals surface area contributed by atoms with Crippen LogP contribution < -0.4 is 14.4 Å². The summed E-state index contributed by atoms with van der Waals surface area (Å²) in [5, 5.41) is 2.94. The molecule has 0 fully saturated rings. The molecule has 0 saturated heterocycles. The molecule has 1 atom stereocenters. The van der Waals surface area contributed by atoms with Crippen molar-refractivity contribution in [3.63, 3.8) is 0 Å². The van der Waals surface area contributed by atoms with Crippen molar-refractivity contribution in [2.24, 2.45) is 0 Å². The van der Waals surface area contributed by atoms with E-state index in [0.29, 0.717) is 12.2 Å². The number of ether oxygens (including phenoxy) is 1. The van der Waals surface area contributed by atoms with Crippen molar-refractivity contribution in [2.45, 2.75) is 19.4 Å². The van der Waals surface area contributed by atoms with E-state index >= 15 is 0 Å². The van der Waals surface area contributed by atoms with Gasteiger partial charge in [-0.25, -0.2) is 12.8 Å². The fourth-order valence-electron chi connectivity index (χ4n) is 2.73. The minimum atomic E-state index is -3.75. The maximum Gasteiger partial charge on any atom is 0.243 e. The Morgan fingerprint density at radius 2 is 1.89 bits per heavy atom. The van der Waals surface area contributed by atoms with Gasteiger partial charge in [0.25, 0.3) is 0 Å². The Hall–Kier alpha value is -2.32. The van der Waals surface area contributed by atoms with E-state index in [1.165, 1.54) is 44.4 Å². The summed E-state index contributed by atoms with van der Waals surface area (Å²) < 4.78 is 43.6. The summed E-state index contributed by atoms with van der Waals surface area (Å²) in [7, 11) is -2.30. The number of methoxy groups -OCH3 is 1. The molecule has 0 spiro atoms. The van der Waals surface area contributed by atoms with Gasteiger partial charge in [0.05, 0.1) is 24.1 Å². The summed E-state index contributed by atoms with van der Waals surface area (Å²) in [6.45, 7) is 1.78. The number of carbonyl (C=O) groups is 1. The summed E-state index contributed by atoms with van der Waals surface area (Å²) in [5.74, 6) is -0.391. The third kappa shape index (κ3) is 5.59. The minimum Gasteiger partial charge on any atom is -0.495 e. The normalized spacial score (nSPS) is 12.3. The van der Waals surface area contributed by atoms with Crippen molar-refractivity contribution in [1.82, 2.24) is 5.32 Å². The number of nitrogens with zero attached hydrogens (tertiary/aromatic N) is 1. The van der Waals surface area contributed by atoms with Gasteiger partial charge >= 0.3 is 0 Å². The first-order valence-corrected chi connectivity index (χ1v) is 10.7. The highest BCUT2D eigenvalue weighted by atomic mass is 35.5. The van der Waals surface area contributed by atoms with Crippen molar-refractivity contribution < 1.29 is 22.3 Å². The van der Waals surface area contributed by atoms with Crippen molar-refractivity contribution in [2.75, 3.05) is 24.2 Å². The average molecular weight is 429 g/mol. The fourth-order valence-corrected chi connectivity index (χ4v) is 4.15. The molecule has 0 bridgehead atoms. The molecule has 0 aliphatic rings. The van der Waals surface area contributed by atoms with Crippen LogP contribution in [0.25, 0.3) is 0 Å². The summed E-state index contributed by atoms with van der Waals surface area (Å²) >= 11 is 6.10. The molecule has 9 heteroatoms. The Kier molecular flexibility index (Phi) is 7.26. The molecule has 2 aromatic rings. The molecule has 0 aliphatic heterocycles. The first kappa shape index (κ1) is 22.0. The Morgan fingerprint density at radius 1 is 1.25 bits per heavy atom. The third-order valence-corrected chi connectivity index (χ3v) is 5.64. The lowest BCUT2D eigenvalue weighted by molar-refractivity contribution is -0.121. The Bertz CT molecular complexity index is 935. The van der Waals surface area contributed by atoms with Gasteiger partial charge < -0.3 is 10.1 Å². The number of carbonyl (C=O) groups excluding carboxylic acids is 1. The predicted octanol–water partition coefficient (Wildman–Crippen LogP) is 3.00. The van der Waals surface area contributed by atoms with E-state index in [0.717, 1.165) is 16.1 Å². The van der Waals surface area contributed by atoms with Crippen LogP contribution >= 0.6 is 11.6 Å². The Balaban J connectivity index is 2.11. The van der Waals surface area contributed by atoms with Gasteiger partial charge in [-0.2, -0.15) is 0 Å². The number of sulfonamides is 1. The first-order valence-electron chi connectivity index (χ1n) is 8.48. The highest BCUT2D eigenvalue weighted by Crippen LogP contribution is 2.31. The zero-order chi connectivity index (χ0) is 20.9. The largest absolute Gasteiger partial charge is 0.495 e. The van der Waals surface area contributed by atoms with E-state index in [-0.39, 0.29) is 23.1 Å².